The number of aryl methyl sites for hydroxylation is 1. The molecule has 0 bridgehead atoms. The Morgan fingerprint density at radius 2 is 1.75 bits per heavy atom. The van der Waals surface area contributed by atoms with Gasteiger partial charge in [-0.1, -0.05) is 29.8 Å². The third kappa shape index (κ3) is 1.46. The fourth-order valence-corrected chi connectivity index (χ4v) is 1.93. The Bertz CT molecular complexity index is 287. The highest BCUT2D eigenvalue weighted by Crippen LogP contribution is 2.59. The molecule has 1 fully saturated rings. The van der Waals surface area contributed by atoms with Crippen LogP contribution in [-0.2, 0) is 0 Å². The zero-order chi connectivity index (χ0) is 8.77. The Labute approximate surface area is 82.5 Å². The van der Waals surface area contributed by atoms with Gasteiger partial charge in [0.2, 0.25) is 0 Å². The van der Waals surface area contributed by atoms with E-state index < -0.39 is 4.33 Å². The number of hydrogen-bond acceptors (Lipinski definition) is 0. The van der Waals surface area contributed by atoms with Crippen molar-refractivity contribution in [3.8, 4) is 0 Å². The molecule has 64 valence electrons. The van der Waals surface area contributed by atoms with E-state index in [-0.39, 0.29) is 0 Å². The van der Waals surface area contributed by atoms with Gasteiger partial charge in [-0.2, -0.15) is 0 Å². The number of rotatable bonds is 1. The fourth-order valence-electron chi connectivity index (χ4n) is 1.37. The van der Waals surface area contributed by atoms with Crippen molar-refractivity contribution >= 4 is 23.2 Å². The fraction of sp³-hybridized carbons (Fsp3) is 0.400. The highest BCUT2D eigenvalue weighted by Gasteiger charge is 2.52. The Balaban J connectivity index is 2.21. The molecule has 0 N–H and O–H groups in total. The summed E-state index contributed by atoms with van der Waals surface area (Å²) in [5, 5.41) is 0. The molecule has 1 aliphatic rings. The zero-order valence-electron chi connectivity index (χ0n) is 6.85. The van der Waals surface area contributed by atoms with Gasteiger partial charge in [-0.15, -0.1) is 23.2 Å². The van der Waals surface area contributed by atoms with Crippen molar-refractivity contribution in [3.63, 3.8) is 0 Å². The monoisotopic (exact) mass is 200 g/mol. The largest absolute Gasteiger partial charge is 0.125 e. The third-order valence-electron chi connectivity index (χ3n) is 2.31. The molecule has 1 atom stereocenters. The molecule has 0 spiro atoms. The quantitative estimate of drug-likeness (QED) is 0.608. The van der Waals surface area contributed by atoms with Gasteiger partial charge >= 0.3 is 0 Å². The maximum Gasteiger partial charge on any atom is 0.125 e. The van der Waals surface area contributed by atoms with Gasteiger partial charge in [-0.05, 0) is 18.9 Å². The van der Waals surface area contributed by atoms with Crippen LogP contribution in [0.25, 0.3) is 0 Å². The highest BCUT2D eigenvalue weighted by molar-refractivity contribution is 6.51. The van der Waals surface area contributed by atoms with Crippen LogP contribution in [0.3, 0.4) is 0 Å². The smallest absolute Gasteiger partial charge is 0.101 e. The number of hydrogen-bond donors (Lipinski definition) is 0. The second-order valence-electron chi connectivity index (χ2n) is 3.43. The lowest BCUT2D eigenvalue weighted by atomic mass is 10.1. The van der Waals surface area contributed by atoms with Crippen molar-refractivity contribution in [2.24, 2.45) is 0 Å². The van der Waals surface area contributed by atoms with Crippen LogP contribution in [-0.4, -0.2) is 4.33 Å². The number of halogens is 2. The Hall–Kier alpha value is -0.200. The predicted octanol–water partition coefficient (Wildman–Crippen LogP) is 3.66. The molecule has 2 heteroatoms. The summed E-state index contributed by atoms with van der Waals surface area (Å²) < 4.78 is -0.491. The first-order valence-corrected chi connectivity index (χ1v) is 4.79. The van der Waals surface area contributed by atoms with E-state index in [9.17, 15) is 0 Å². The van der Waals surface area contributed by atoms with E-state index in [0.717, 1.165) is 6.42 Å². The summed E-state index contributed by atoms with van der Waals surface area (Å²) in [7, 11) is 0. The van der Waals surface area contributed by atoms with Crippen molar-refractivity contribution in [2.75, 3.05) is 0 Å². The van der Waals surface area contributed by atoms with Gasteiger partial charge < -0.3 is 0 Å². The average Bonchev–Trinajstić information content (AvgIpc) is 2.61. The molecule has 2 rings (SSSR count). The van der Waals surface area contributed by atoms with Crippen molar-refractivity contribution in [3.05, 3.63) is 35.4 Å². The lowest BCUT2D eigenvalue weighted by Crippen LogP contribution is -1.89. The van der Waals surface area contributed by atoms with E-state index in [4.69, 9.17) is 23.2 Å². The van der Waals surface area contributed by atoms with Gasteiger partial charge in [-0.25, -0.2) is 0 Å². The topological polar surface area (TPSA) is 0 Å². The molecule has 0 radical (unpaired) electrons. The van der Waals surface area contributed by atoms with E-state index in [1.807, 2.05) is 0 Å². The molecule has 12 heavy (non-hydrogen) atoms. The molecule has 0 aliphatic heterocycles. The van der Waals surface area contributed by atoms with Crippen LogP contribution >= 0.6 is 23.2 Å². The van der Waals surface area contributed by atoms with Gasteiger partial charge in [0.15, 0.2) is 0 Å². The Morgan fingerprint density at radius 3 is 2.17 bits per heavy atom. The molecule has 0 nitrogen and oxygen atoms in total. The number of alkyl halides is 2. The first-order chi connectivity index (χ1) is 5.59. The molecule has 1 aromatic carbocycles. The zero-order valence-corrected chi connectivity index (χ0v) is 8.36. The first kappa shape index (κ1) is 8.40. The third-order valence-corrected chi connectivity index (χ3v) is 3.14. The number of benzene rings is 1. The van der Waals surface area contributed by atoms with Crippen LogP contribution in [0.2, 0.25) is 0 Å². The lowest BCUT2D eigenvalue weighted by molar-refractivity contribution is 1.10. The summed E-state index contributed by atoms with van der Waals surface area (Å²) >= 11 is 11.9. The van der Waals surface area contributed by atoms with Crippen molar-refractivity contribution in [1.29, 1.82) is 0 Å². The second-order valence-corrected chi connectivity index (χ2v) is 4.97. The van der Waals surface area contributed by atoms with Crippen molar-refractivity contribution in [2.45, 2.75) is 23.6 Å². The van der Waals surface area contributed by atoms with Crippen molar-refractivity contribution < 1.29 is 0 Å². The molecule has 1 saturated carbocycles. The molecular weight excluding hydrogens is 191 g/mol. The van der Waals surface area contributed by atoms with Gasteiger partial charge in [0.1, 0.15) is 4.33 Å². The SMILES string of the molecule is Cc1ccc([C@H]2CC2(Cl)Cl)cc1. The second kappa shape index (κ2) is 2.65. The van der Waals surface area contributed by atoms with E-state index in [1.54, 1.807) is 0 Å². The van der Waals surface area contributed by atoms with Crippen LogP contribution in [0.1, 0.15) is 23.5 Å². The van der Waals surface area contributed by atoms with Crippen LogP contribution in [0.15, 0.2) is 24.3 Å². The van der Waals surface area contributed by atoms with E-state index in [0.29, 0.717) is 5.92 Å². The minimum Gasteiger partial charge on any atom is -0.101 e. The van der Waals surface area contributed by atoms with Crippen molar-refractivity contribution in [1.82, 2.24) is 0 Å². The summed E-state index contributed by atoms with van der Waals surface area (Å²) in [5.41, 5.74) is 2.53. The van der Waals surface area contributed by atoms with Crippen LogP contribution in [0.4, 0.5) is 0 Å². The van der Waals surface area contributed by atoms with Crippen LogP contribution < -0.4 is 0 Å². The summed E-state index contributed by atoms with van der Waals surface area (Å²) in [6.45, 7) is 2.07. The molecule has 1 aromatic rings. The maximum atomic E-state index is 5.95. The summed E-state index contributed by atoms with van der Waals surface area (Å²) in [6, 6.07) is 8.40. The van der Waals surface area contributed by atoms with Crippen LogP contribution in [0.5, 0.6) is 0 Å². The van der Waals surface area contributed by atoms with E-state index >= 15 is 0 Å². The van der Waals surface area contributed by atoms with Crippen LogP contribution in [0, 0.1) is 6.92 Å². The van der Waals surface area contributed by atoms with Gasteiger partial charge in [0.05, 0.1) is 0 Å². The van der Waals surface area contributed by atoms with Gasteiger partial charge in [0.25, 0.3) is 0 Å². The Morgan fingerprint density at radius 1 is 1.25 bits per heavy atom. The molecule has 0 aromatic heterocycles. The first-order valence-electron chi connectivity index (χ1n) is 4.04. The molecule has 0 saturated heterocycles. The highest BCUT2D eigenvalue weighted by atomic mass is 35.5. The summed E-state index contributed by atoms with van der Waals surface area (Å²) in [4.78, 5) is 0. The lowest BCUT2D eigenvalue weighted by Gasteiger charge is -2.00. The van der Waals surface area contributed by atoms with E-state index in [1.165, 1.54) is 11.1 Å². The maximum absolute atomic E-state index is 5.95. The minimum atomic E-state index is -0.491. The Kier molecular flexibility index (Phi) is 1.85. The van der Waals surface area contributed by atoms with E-state index in [2.05, 4.69) is 31.2 Å². The normalized spacial score (nSPS) is 25.4. The van der Waals surface area contributed by atoms with Gasteiger partial charge in [0, 0.05) is 5.92 Å². The molecule has 1 aliphatic carbocycles. The average molecular weight is 201 g/mol. The molecular formula is C10H10Cl2. The molecule has 0 unspecified atom stereocenters. The summed E-state index contributed by atoms with van der Waals surface area (Å²) in [6.07, 6.45) is 0.888. The standard InChI is InChI=1S/C10H10Cl2/c1-7-2-4-8(5-3-7)9-6-10(9,11)12/h2-5,9H,6H2,1H3/t9-/m1/s1. The summed E-state index contributed by atoms with van der Waals surface area (Å²) in [5.74, 6) is 0.349. The molecule has 0 heterocycles. The predicted molar refractivity (Wildman–Crippen MR) is 53.0 cm³/mol. The minimum absolute atomic E-state index is 0.349. The van der Waals surface area contributed by atoms with Gasteiger partial charge in [-0.3, -0.25) is 0 Å². The molecule has 0 amide bonds.